The van der Waals surface area contributed by atoms with Crippen molar-refractivity contribution in [2.75, 3.05) is 26.8 Å². The molecule has 0 aliphatic carbocycles. The van der Waals surface area contributed by atoms with Crippen LogP contribution in [0.25, 0.3) is 16.7 Å². The summed E-state index contributed by atoms with van der Waals surface area (Å²) in [6, 6.07) is 4.80. The third-order valence-electron chi connectivity index (χ3n) is 5.98. The predicted octanol–water partition coefficient (Wildman–Crippen LogP) is 5.07. The molecule has 11 heteroatoms. The van der Waals surface area contributed by atoms with Gasteiger partial charge in [0.2, 0.25) is 0 Å². The first-order chi connectivity index (χ1) is 16.7. The van der Waals surface area contributed by atoms with E-state index in [1.807, 2.05) is 0 Å². The van der Waals surface area contributed by atoms with Crippen LogP contribution in [0.15, 0.2) is 37.0 Å². The molecule has 3 aromatic rings. The second kappa shape index (κ2) is 10.0. The van der Waals surface area contributed by atoms with Crippen LogP contribution in [0.4, 0.5) is 17.6 Å². The maximum Gasteiger partial charge on any atom is 0.573 e. The van der Waals surface area contributed by atoms with Crippen molar-refractivity contribution in [2.24, 2.45) is 0 Å². The van der Waals surface area contributed by atoms with Crippen molar-refractivity contribution in [3.63, 3.8) is 0 Å². The Labute approximate surface area is 198 Å². The first-order valence-electron chi connectivity index (χ1n) is 11.0. The molecular weight excluding hydrogens is 468 g/mol. The van der Waals surface area contributed by atoms with Gasteiger partial charge in [0.25, 0.3) is 5.91 Å². The van der Waals surface area contributed by atoms with E-state index in [1.165, 1.54) is 12.1 Å². The molecule has 35 heavy (non-hydrogen) atoms. The first kappa shape index (κ1) is 24.6. The van der Waals surface area contributed by atoms with Gasteiger partial charge in [0, 0.05) is 31.3 Å². The minimum atomic E-state index is -4.80. The molecule has 186 valence electrons. The minimum Gasteiger partial charge on any atom is -0.406 e. The molecule has 7 nitrogen and oxygen atoms in total. The molecular formula is C24H24F4N4O3. The molecule has 1 amide bonds. The summed E-state index contributed by atoms with van der Waals surface area (Å²) in [5.41, 5.74) is 2.37. The summed E-state index contributed by atoms with van der Waals surface area (Å²) < 4.78 is 60.8. The van der Waals surface area contributed by atoms with Gasteiger partial charge in [-0.1, -0.05) is 6.58 Å². The largest absolute Gasteiger partial charge is 0.573 e. The zero-order chi connectivity index (χ0) is 25.2. The van der Waals surface area contributed by atoms with Gasteiger partial charge in [0.15, 0.2) is 5.65 Å². The number of hydrogen-bond donors (Lipinski definition) is 1. The van der Waals surface area contributed by atoms with Gasteiger partial charge in [-0.3, -0.25) is 4.79 Å². The van der Waals surface area contributed by atoms with Crippen LogP contribution in [0.3, 0.4) is 0 Å². The van der Waals surface area contributed by atoms with Crippen molar-refractivity contribution >= 4 is 22.6 Å². The molecule has 0 saturated carbocycles. The number of H-pyrrole nitrogens is 1. The van der Waals surface area contributed by atoms with Gasteiger partial charge < -0.3 is 19.4 Å². The Balaban J connectivity index is 1.46. The molecule has 4 rings (SSSR count). The van der Waals surface area contributed by atoms with Crippen molar-refractivity contribution in [1.29, 1.82) is 0 Å². The molecule has 1 saturated heterocycles. The standard InChI is InChI=1S/C24H24F4N4O3/c1-14(9-12-34-2)21-30-20-19(18(25)13-29-22(20)31-21)15-7-10-32(11-8-15)23(33)16-3-5-17(6-4-16)35-24(26,27)28/h3-6,13,15H,1,7-12H2,2H3,(H,29,30,31). The van der Waals surface area contributed by atoms with Crippen LogP contribution < -0.4 is 4.74 Å². The van der Waals surface area contributed by atoms with Gasteiger partial charge in [-0.2, -0.15) is 0 Å². The van der Waals surface area contributed by atoms with E-state index in [4.69, 9.17) is 4.74 Å². The monoisotopic (exact) mass is 492 g/mol. The average molecular weight is 492 g/mol. The molecule has 0 unspecified atom stereocenters. The number of rotatable bonds is 7. The maximum absolute atomic E-state index is 14.9. The molecule has 1 N–H and O–H groups in total. The number of pyridine rings is 1. The highest BCUT2D eigenvalue weighted by Gasteiger charge is 2.32. The Bertz CT molecular complexity index is 1220. The summed E-state index contributed by atoms with van der Waals surface area (Å²) in [5, 5.41) is 0. The van der Waals surface area contributed by atoms with Crippen LogP contribution in [0.5, 0.6) is 5.75 Å². The van der Waals surface area contributed by atoms with E-state index in [1.54, 1.807) is 12.0 Å². The summed E-state index contributed by atoms with van der Waals surface area (Å²) in [6.45, 7) is 5.22. The van der Waals surface area contributed by atoms with Crippen LogP contribution in [-0.2, 0) is 4.74 Å². The number of fused-ring (bicyclic) bond motifs is 1. The van der Waals surface area contributed by atoms with Crippen molar-refractivity contribution in [3.05, 3.63) is 59.8 Å². The zero-order valence-electron chi connectivity index (χ0n) is 19.0. The number of carbonyl (C=O) groups excluding carboxylic acids is 1. The highest BCUT2D eigenvalue weighted by molar-refractivity contribution is 5.94. The molecule has 0 bridgehead atoms. The van der Waals surface area contributed by atoms with Crippen LogP contribution in [0.1, 0.15) is 46.9 Å². The van der Waals surface area contributed by atoms with E-state index in [0.717, 1.165) is 23.9 Å². The highest BCUT2D eigenvalue weighted by Crippen LogP contribution is 2.35. The summed E-state index contributed by atoms with van der Waals surface area (Å²) in [4.78, 5) is 26.1. The Kier molecular flexibility index (Phi) is 7.06. The molecule has 3 heterocycles. The summed E-state index contributed by atoms with van der Waals surface area (Å²) >= 11 is 0. The fraction of sp³-hybridized carbons (Fsp3) is 0.375. The zero-order valence-corrected chi connectivity index (χ0v) is 19.0. The lowest BCUT2D eigenvalue weighted by atomic mass is 9.88. The minimum absolute atomic E-state index is 0.160. The SMILES string of the molecule is C=C(CCOC)c1nc2ncc(F)c(C3CCN(C(=O)c4ccc(OC(F)(F)F)cc4)CC3)c2[nH]1. The molecule has 1 fully saturated rings. The number of amides is 1. The van der Waals surface area contributed by atoms with Gasteiger partial charge in [0.05, 0.1) is 18.3 Å². The number of piperidine rings is 1. The number of likely N-dealkylation sites (tertiary alicyclic amines) is 1. The number of hydrogen-bond acceptors (Lipinski definition) is 5. The van der Waals surface area contributed by atoms with Crippen LogP contribution in [0.2, 0.25) is 0 Å². The number of aromatic nitrogens is 3. The Morgan fingerprint density at radius 2 is 1.91 bits per heavy atom. The number of benzene rings is 1. The number of nitrogens with zero attached hydrogens (tertiary/aromatic N) is 3. The van der Waals surface area contributed by atoms with E-state index in [-0.39, 0.29) is 17.4 Å². The second-order valence-corrected chi connectivity index (χ2v) is 8.29. The van der Waals surface area contributed by atoms with Crippen molar-refractivity contribution in [1.82, 2.24) is 19.9 Å². The van der Waals surface area contributed by atoms with E-state index in [2.05, 4.69) is 26.3 Å². The third kappa shape index (κ3) is 5.61. The number of carbonyl (C=O) groups is 1. The molecule has 0 radical (unpaired) electrons. The second-order valence-electron chi connectivity index (χ2n) is 8.29. The van der Waals surface area contributed by atoms with Gasteiger partial charge in [-0.25, -0.2) is 14.4 Å². The number of halogens is 4. The number of ether oxygens (including phenoxy) is 2. The van der Waals surface area contributed by atoms with E-state index in [9.17, 15) is 22.4 Å². The summed E-state index contributed by atoms with van der Waals surface area (Å²) in [7, 11) is 1.59. The van der Waals surface area contributed by atoms with E-state index >= 15 is 0 Å². The highest BCUT2D eigenvalue weighted by atomic mass is 19.4. The lowest BCUT2D eigenvalue weighted by Crippen LogP contribution is -2.38. The van der Waals surface area contributed by atoms with E-state index < -0.39 is 17.9 Å². The topological polar surface area (TPSA) is 80.3 Å². The van der Waals surface area contributed by atoms with Gasteiger partial charge in [0.1, 0.15) is 17.4 Å². The fourth-order valence-electron chi connectivity index (χ4n) is 4.22. The van der Waals surface area contributed by atoms with Crippen LogP contribution in [0, 0.1) is 5.82 Å². The molecule has 0 spiro atoms. The molecule has 1 aliphatic heterocycles. The third-order valence-corrected chi connectivity index (χ3v) is 5.98. The Morgan fingerprint density at radius 1 is 1.23 bits per heavy atom. The predicted molar refractivity (Wildman–Crippen MR) is 120 cm³/mol. The number of methoxy groups -OCH3 is 1. The number of nitrogens with one attached hydrogen (secondary N) is 1. The number of imidazole rings is 1. The van der Waals surface area contributed by atoms with Crippen molar-refractivity contribution < 1.29 is 31.8 Å². The quantitative estimate of drug-likeness (QED) is 0.466. The number of aromatic amines is 1. The van der Waals surface area contributed by atoms with Crippen molar-refractivity contribution in [3.8, 4) is 5.75 Å². The van der Waals surface area contributed by atoms with Gasteiger partial charge in [-0.05, 0) is 55.0 Å². The Hall–Kier alpha value is -3.47. The average Bonchev–Trinajstić information content (AvgIpc) is 3.26. The summed E-state index contributed by atoms with van der Waals surface area (Å²) in [6.07, 6.45) is -2.06. The smallest absolute Gasteiger partial charge is 0.406 e. The molecule has 0 atom stereocenters. The summed E-state index contributed by atoms with van der Waals surface area (Å²) in [5.74, 6) is -0.774. The lowest BCUT2D eigenvalue weighted by molar-refractivity contribution is -0.274. The Morgan fingerprint density at radius 3 is 2.54 bits per heavy atom. The van der Waals surface area contributed by atoms with Gasteiger partial charge in [-0.15, -0.1) is 13.2 Å². The van der Waals surface area contributed by atoms with Crippen LogP contribution in [-0.4, -0.2) is 58.9 Å². The number of alkyl halides is 3. The van der Waals surface area contributed by atoms with Gasteiger partial charge >= 0.3 is 6.36 Å². The van der Waals surface area contributed by atoms with Crippen molar-refractivity contribution in [2.45, 2.75) is 31.5 Å². The van der Waals surface area contributed by atoms with Crippen LogP contribution >= 0.6 is 0 Å². The normalized spacial score (nSPS) is 14.9. The molecule has 1 aromatic carbocycles. The van der Waals surface area contributed by atoms with E-state index in [0.29, 0.717) is 61.5 Å². The fourth-order valence-corrected chi connectivity index (χ4v) is 4.22. The molecule has 1 aliphatic rings. The lowest BCUT2D eigenvalue weighted by Gasteiger charge is -2.32. The molecule has 2 aromatic heterocycles. The first-order valence-corrected chi connectivity index (χ1v) is 11.0. The maximum atomic E-state index is 14.9.